The lowest BCUT2D eigenvalue weighted by atomic mass is 9.68. The van der Waals surface area contributed by atoms with Crippen LogP contribution in [-0.2, 0) is 16.0 Å². The summed E-state index contributed by atoms with van der Waals surface area (Å²) in [6, 6.07) is 5.39. The van der Waals surface area contributed by atoms with Gasteiger partial charge in [0, 0.05) is 43.3 Å². The van der Waals surface area contributed by atoms with Crippen molar-refractivity contribution in [2.45, 2.75) is 83.5 Å². The van der Waals surface area contributed by atoms with Gasteiger partial charge in [-0.05, 0) is 74.5 Å². The second-order valence-electron chi connectivity index (χ2n) is 10.8. The number of anilines is 1. The third-order valence-corrected chi connectivity index (χ3v) is 7.94. The highest BCUT2D eigenvalue weighted by atomic mass is 35.5. The van der Waals surface area contributed by atoms with Crippen molar-refractivity contribution >= 4 is 29.2 Å². The molecule has 0 bridgehead atoms. The van der Waals surface area contributed by atoms with Crippen molar-refractivity contribution in [1.82, 2.24) is 5.16 Å². The lowest BCUT2D eigenvalue weighted by molar-refractivity contribution is -0.137. The highest BCUT2D eigenvalue weighted by molar-refractivity contribution is 6.33. The van der Waals surface area contributed by atoms with Crippen LogP contribution in [0.1, 0.15) is 92.7 Å². The Kier molecular flexibility index (Phi) is 7.86. The van der Waals surface area contributed by atoms with Crippen LogP contribution < -0.4 is 5.32 Å². The van der Waals surface area contributed by atoms with Crippen molar-refractivity contribution < 1.29 is 24.3 Å². The van der Waals surface area contributed by atoms with Gasteiger partial charge in [0.25, 0.3) is 0 Å². The minimum atomic E-state index is -0.931. The number of aryl methyl sites for hydroxylation is 1. The maximum Gasteiger partial charge on any atom is 0.303 e. The average molecular weight is 503 g/mol. The van der Waals surface area contributed by atoms with Crippen molar-refractivity contribution in [3.8, 4) is 0 Å². The molecule has 35 heavy (non-hydrogen) atoms. The first-order chi connectivity index (χ1) is 16.7. The van der Waals surface area contributed by atoms with Gasteiger partial charge in [-0.25, -0.2) is 0 Å². The molecular weight excluding hydrogens is 468 g/mol. The predicted molar refractivity (Wildman–Crippen MR) is 134 cm³/mol. The van der Waals surface area contributed by atoms with Crippen LogP contribution in [0, 0.1) is 18.3 Å². The zero-order chi connectivity index (χ0) is 25.2. The molecule has 8 heteroatoms. The SMILES string of the molecule is Cc1ccc(NC(=O)C[C@H](CCC(=O)O)c2noc([C@H]3C[C@H](CC4(C)CC4)C3)c2CCO)c(Cl)c1. The molecule has 2 aliphatic carbocycles. The number of carboxylic acids is 1. The summed E-state index contributed by atoms with van der Waals surface area (Å²) in [4.78, 5) is 24.2. The van der Waals surface area contributed by atoms with Crippen molar-refractivity contribution in [2.75, 3.05) is 11.9 Å². The predicted octanol–water partition coefficient (Wildman–Crippen LogP) is 5.83. The first-order valence-corrected chi connectivity index (χ1v) is 12.9. The van der Waals surface area contributed by atoms with Crippen LogP contribution in [0.25, 0.3) is 0 Å². The molecule has 1 aromatic heterocycles. The number of aliphatic hydroxyl groups excluding tert-OH is 1. The van der Waals surface area contributed by atoms with Crippen molar-refractivity contribution in [1.29, 1.82) is 0 Å². The Morgan fingerprint density at radius 1 is 1.31 bits per heavy atom. The first kappa shape index (κ1) is 25.7. The normalized spacial score (nSPS) is 21.3. The minimum absolute atomic E-state index is 0.0491. The van der Waals surface area contributed by atoms with Gasteiger partial charge in [0.1, 0.15) is 5.76 Å². The van der Waals surface area contributed by atoms with Crippen LogP contribution in [0.15, 0.2) is 22.7 Å². The molecule has 1 aromatic carbocycles. The molecule has 0 unspecified atom stereocenters. The fourth-order valence-corrected chi connectivity index (χ4v) is 5.63. The maximum atomic E-state index is 12.9. The van der Waals surface area contributed by atoms with E-state index in [9.17, 15) is 19.8 Å². The second-order valence-corrected chi connectivity index (χ2v) is 11.2. The van der Waals surface area contributed by atoms with Gasteiger partial charge in [0.2, 0.25) is 5.91 Å². The van der Waals surface area contributed by atoms with E-state index >= 15 is 0 Å². The summed E-state index contributed by atoms with van der Waals surface area (Å²) < 4.78 is 5.80. The van der Waals surface area contributed by atoms with E-state index in [0.717, 1.165) is 29.7 Å². The van der Waals surface area contributed by atoms with E-state index < -0.39 is 11.9 Å². The Bertz CT molecular complexity index is 1070. The Labute approximate surface area is 211 Å². The smallest absolute Gasteiger partial charge is 0.303 e. The number of aliphatic hydroxyl groups is 1. The Balaban J connectivity index is 1.49. The van der Waals surface area contributed by atoms with E-state index in [0.29, 0.717) is 34.2 Å². The number of halogens is 1. The maximum absolute atomic E-state index is 12.9. The average Bonchev–Trinajstić information content (AvgIpc) is 3.36. The molecular formula is C27H35ClN2O5. The highest BCUT2D eigenvalue weighted by Gasteiger charge is 2.44. The topological polar surface area (TPSA) is 113 Å². The van der Waals surface area contributed by atoms with Crippen molar-refractivity contribution in [2.24, 2.45) is 11.3 Å². The molecule has 0 spiro atoms. The van der Waals surface area contributed by atoms with Crippen LogP contribution in [-0.4, -0.2) is 33.9 Å². The third-order valence-electron chi connectivity index (χ3n) is 7.63. The zero-order valence-electron chi connectivity index (χ0n) is 20.5. The van der Waals surface area contributed by atoms with E-state index in [-0.39, 0.29) is 37.7 Å². The number of aromatic nitrogens is 1. The number of benzene rings is 1. The standard InChI is InChI=1S/C27H35ClN2O5/c1-16-3-5-22(21(28)11-16)29-23(32)14-18(4-6-24(33)34)25-20(7-10-31)26(35-30-25)19-12-17(13-19)15-27(2)8-9-27/h3,5,11,17-19,31H,4,6-10,12-15H2,1-2H3,(H,29,32)(H,33,34)/t17-,18-,19-/m0/s1. The molecule has 2 fully saturated rings. The van der Waals surface area contributed by atoms with Crippen molar-refractivity contribution in [3.63, 3.8) is 0 Å². The number of nitrogens with one attached hydrogen (secondary N) is 1. The van der Waals surface area contributed by atoms with Gasteiger partial charge in [-0.2, -0.15) is 0 Å². The molecule has 1 heterocycles. The summed E-state index contributed by atoms with van der Waals surface area (Å²) in [6.45, 7) is 4.21. The van der Waals surface area contributed by atoms with Crippen LogP contribution in [0.4, 0.5) is 5.69 Å². The van der Waals surface area contributed by atoms with Gasteiger partial charge in [-0.15, -0.1) is 0 Å². The molecule has 2 aromatic rings. The molecule has 0 aliphatic heterocycles. The van der Waals surface area contributed by atoms with Crippen LogP contribution in [0.2, 0.25) is 5.02 Å². The summed E-state index contributed by atoms with van der Waals surface area (Å²) >= 11 is 6.27. The number of rotatable bonds is 12. The zero-order valence-corrected chi connectivity index (χ0v) is 21.2. The van der Waals surface area contributed by atoms with Gasteiger partial charge in [-0.3, -0.25) is 9.59 Å². The minimum Gasteiger partial charge on any atom is -0.481 e. The van der Waals surface area contributed by atoms with E-state index in [4.69, 9.17) is 16.1 Å². The van der Waals surface area contributed by atoms with Crippen LogP contribution >= 0.6 is 11.6 Å². The molecule has 1 amide bonds. The third kappa shape index (κ3) is 6.44. The molecule has 4 rings (SSSR count). The van der Waals surface area contributed by atoms with Gasteiger partial charge >= 0.3 is 5.97 Å². The number of hydrogen-bond donors (Lipinski definition) is 3. The Morgan fingerprint density at radius 2 is 2.06 bits per heavy atom. The molecule has 2 aliphatic rings. The number of hydrogen-bond acceptors (Lipinski definition) is 5. The van der Waals surface area contributed by atoms with E-state index in [1.54, 1.807) is 12.1 Å². The quantitative estimate of drug-likeness (QED) is 0.336. The van der Waals surface area contributed by atoms with Crippen molar-refractivity contribution in [3.05, 3.63) is 45.8 Å². The first-order valence-electron chi connectivity index (χ1n) is 12.5. The lowest BCUT2D eigenvalue weighted by Gasteiger charge is -2.36. The highest BCUT2D eigenvalue weighted by Crippen LogP contribution is 2.56. The largest absolute Gasteiger partial charge is 0.481 e. The van der Waals surface area contributed by atoms with E-state index in [1.807, 2.05) is 13.0 Å². The van der Waals surface area contributed by atoms with Crippen LogP contribution in [0.3, 0.4) is 0 Å². The Morgan fingerprint density at radius 3 is 2.69 bits per heavy atom. The molecule has 190 valence electrons. The molecule has 1 atom stereocenters. The summed E-state index contributed by atoms with van der Waals surface area (Å²) in [5, 5.41) is 26.6. The fraction of sp³-hybridized carbons (Fsp3) is 0.593. The van der Waals surface area contributed by atoms with E-state index in [2.05, 4.69) is 17.4 Å². The number of aliphatic carboxylic acids is 1. The van der Waals surface area contributed by atoms with Gasteiger partial charge < -0.3 is 20.1 Å². The summed E-state index contributed by atoms with van der Waals surface area (Å²) in [5.74, 6) is 0.123. The number of nitrogens with zero attached hydrogens (tertiary/aromatic N) is 1. The molecule has 0 saturated heterocycles. The molecule has 2 saturated carbocycles. The molecule has 3 N–H and O–H groups in total. The fourth-order valence-electron chi connectivity index (χ4n) is 5.35. The summed E-state index contributed by atoms with van der Waals surface area (Å²) in [5.41, 5.74) is 3.45. The van der Waals surface area contributed by atoms with Gasteiger partial charge in [0.05, 0.1) is 16.4 Å². The molecule has 0 radical (unpaired) electrons. The number of carbonyl (C=O) groups excluding carboxylic acids is 1. The van der Waals surface area contributed by atoms with Crippen LogP contribution in [0.5, 0.6) is 0 Å². The monoisotopic (exact) mass is 502 g/mol. The second kappa shape index (κ2) is 10.7. The van der Waals surface area contributed by atoms with Gasteiger partial charge in [-0.1, -0.05) is 29.7 Å². The van der Waals surface area contributed by atoms with E-state index in [1.165, 1.54) is 19.3 Å². The summed E-state index contributed by atoms with van der Waals surface area (Å²) in [6.07, 6.45) is 6.57. The summed E-state index contributed by atoms with van der Waals surface area (Å²) in [7, 11) is 0. The number of carboxylic acid groups (broad SMARTS) is 1. The molecule has 7 nitrogen and oxygen atoms in total. The lowest BCUT2D eigenvalue weighted by Crippen LogP contribution is -2.25. The number of amides is 1. The van der Waals surface area contributed by atoms with Gasteiger partial charge in [0.15, 0.2) is 0 Å². The Hall–Kier alpha value is -2.38. The number of carbonyl (C=O) groups is 2.